The van der Waals surface area contributed by atoms with Crippen LogP contribution >= 0.6 is 0 Å². The van der Waals surface area contributed by atoms with Gasteiger partial charge in [0.05, 0.1) is 6.67 Å². The first-order valence-electron chi connectivity index (χ1n) is 5.60. The second-order valence-corrected chi connectivity index (χ2v) is 4.40. The van der Waals surface area contributed by atoms with E-state index in [0.717, 1.165) is 11.3 Å². The van der Waals surface area contributed by atoms with Gasteiger partial charge in [0.15, 0.2) is 6.61 Å². The average Bonchev–Trinajstić information content (AvgIpc) is 2.25. The highest BCUT2D eigenvalue weighted by Crippen LogP contribution is 2.18. The molecule has 0 spiro atoms. The summed E-state index contributed by atoms with van der Waals surface area (Å²) < 4.78 is 5.46. The summed E-state index contributed by atoms with van der Waals surface area (Å²) in [7, 11) is 3.79. The van der Waals surface area contributed by atoms with E-state index >= 15 is 0 Å². The molecule has 17 heavy (non-hydrogen) atoms. The molecule has 1 N–H and O–H groups in total. The summed E-state index contributed by atoms with van der Waals surface area (Å²) in [4.78, 5) is 13.3. The molecular formula is C13H20N2O2. The number of carbonyl (C=O) groups is 1. The van der Waals surface area contributed by atoms with Gasteiger partial charge in [-0.25, -0.2) is 0 Å². The Labute approximate surface area is 103 Å². The molecule has 0 fully saturated rings. The molecular weight excluding hydrogens is 216 g/mol. The molecule has 1 rings (SSSR count). The first-order chi connectivity index (χ1) is 7.99. The molecule has 0 radical (unpaired) electrons. The van der Waals surface area contributed by atoms with E-state index in [1.54, 1.807) is 0 Å². The largest absolute Gasteiger partial charge is 0.484 e. The van der Waals surface area contributed by atoms with Crippen LogP contribution in [0, 0.1) is 13.8 Å². The summed E-state index contributed by atoms with van der Waals surface area (Å²) in [6, 6.07) is 5.90. The van der Waals surface area contributed by atoms with Crippen molar-refractivity contribution in [1.29, 1.82) is 0 Å². The lowest BCUT2D eigenvalue weighted by Gasteiger charge is -2.12. The minimum Gasteiger partial charge on any atom is -0.484 e. The van der Waals surface area contributed by atoms with E-state index in [1.807, 2.05) is 51.0 Å². The molecule has 0 saturated heterocycles. The van der Waals surface area contributed by atoms with Crippen molar-refractivity contribution in [2.24, 2.45) is 0 Å². The van der Waals surface area contributed by atoms with Crippen molar-refractivity contribution >= 4 is 5.91 Å². The lowest BCUT2D eigenvalue weighted by atomic mass is 10.1. The molecule has 1 amide bonds. The number of rotatable bonds is 5. The fraction of sp³-hybridized carbons (Fsp3) is 0.462. The third-order valence-electron chi connectivity index (χ3n) is 2.28. The zero-order valence-corrected chi connectivity index (χ0v) is 10.9. The van der Waals surface area contributed by atoms with Crippen molar-refractivity contribution in [3.63, 3.8) is 0 Å². The molecule has 0 unspecified atom stereocenters. The zero-order valence-electron chi connectivity index (χ0n) is 10.9. The third kappa shape index (κ3) is 4.87. The molecule has 0 aliphatic carbocycles. The molecule has 1 aromatic rings. The average molecular weight is 236 g/mol. The number of carbonyl (C=O) groups excluding carboxylic acids is 1. The highest BCUT2D eigenvalue weighted by molar-refractivity contribution is 5.77. The standard InChI is InChI=1S/C13H20N2O2/c1-10-5-6-12(11(2)7-10)17-8-13(16)14-9-15(3)4/h5-7H,8-9H2,1-4H3,(H,14,16). The Balaban J connectivity index is 2.42. The van der Waals surface area contributed by atoms with Gasteiger partial charge in [-0.1, -0.05) is 17.7 Å². The van der Waals surface area contributed by atoms with Crippen molar-refractivity contribution in [2.45, 2.75) is 13.8 Å². The van der Waals surface area contributed by atoms with Gasteiger partial charge < -0.3 is 10.1 Å². The minimum atomic E-state index is -0.112. The van der Waals surface area contributed by atoms with E-state index in [-0.39, 0.29) is 12.5 Å². The van der Waals surface area contributed by atoms with E-state index < -0.39 is 0 Å². The molecule has 4 nitrogen and oxygen atoms in total. The van der Waals surface area contributed by atoms with E-state index in [0.29, 0.717) is 6.67 Å². The van der Waals surface area contributed by atoms with Crippen molar-refractivity contribution in [3.05, 3.63) is 29.3 Å². The van der Waals surface area contributed by atoms with E-state index in [9.17, 15) is 4.79 Å². The Kier molecular flexibility index (Phi) is 4.97. The maximum absolute atomic E-state index is 11.4. The highest BCUT2D eigenvalue weighted by Gasteiger charge is 2.04. The van der Waals surface area contributed by atoms with Crippen molar-refractivity contribution < 1.29 is 9.53 Å². The third-order valence-corrected chi connectivity index (χ3v) is 2.28. The second-order valence-electron chi connectivity index (χ2n) is 4.40. The lowest BCUT2D eigenvalue weighted by Crippen LogP contribution is -2.36. The molecule has 0 bridgehead atoms. The summed E-state index contributed by atoms with van der Waals surface area (Å²) >= 11 is 0. The van der Waals surface area contributed by atoms with Gasteiger partial charge in [-0.2, -0.15) is 0 Å². The minimum absolute atomic E-state index is 0.0533. The van der Waals surface area contributed by atoms with E-state index in [1.165, 1.54) is 5.56 Å². The number of nitrogens with one attached hydrogen (secondary N) is 1. The monoisotopic (exact) mass is 236 g/mol. The maximum atomic E-state index is 11.4. The number of hydrogen-bond donors (Lipinski definition) is 1. The predicted octanol–water partition coefficient (Wildman–Crippen LogP) is 1.32. The van der Waals surface area contributed by atoms with Gasteiger partial charge in [0.25, 0.3) is 5.91 Å². The number of ether oxygens (including phenoxy) is 1. The Hall–Kier alpha value is -1.55. The van der Waals surface area contributed by atoms with Crippen molar-refractivity contribution in [1.82, 2.24) is 10.2 Å². The topological polar surface area (TPSA) is 41.6 Å². The lowest BCUT2D eigenvalue weighted by molar-refractivity contribution is -0.123. The summed E-state index contributed by atoms with van der Waals surface area (Å²) in [5.74, 6) is 0.647. The van der Waals surface area contributed by atoms with Gasteiger partial charge in [0.2, 0.25) is 0 Å². The van der Waals surface area contributed by atoms with Crippen molar-refractivity contribution in [3.8, 4) is 5.75 Å². The maximum Gasteiger partial charge on any atom is 0.258 e. The smallest absolute Gasteiger partial charge is 0.258 e. The summed E-state index contributed by atoms with van der Waals surface area (Å²) in [5, 5.41) is 2.75. The molecule has 0 saturated carbocycles. The van der Waals surface area contributed by atoms with Crippen LogP contribution in [0.5, 0.6) is 5.75 Å². The Morgan fingerprint density at radius 2 is 2.06 bits per heavy atom. The summed E-state index contributed by atoms with van der Waals surface area (Å²) in [5.41, 5.74) is 2.23. The Morgan fingerprint density at radius 3 is 2.65 bits per heavy atom. The predicted molar refractivity (Wildman–Crippen MR) is 68.1 cm³/mol. The van der Waals surface area contributed by atoms with Crippen LogP contribution in [0.2, 0.25) is 0 Å². The fourth-order valence-electron chi connectivity index (χ4n) is 1.40. The van der Waals surface area contributed by atoms with E-state index in [4.69, 9.17) is 4.74 Å². The van der Waals surface area contributed by atoms with Gasteiger partial charge in [-0.05, 0) is 39.6 Å². The Bertz CT molecular complexity index is 389. The molecule has 0 aromatic heterocycles. The summed E-state index contributed by atoms with van der Waals surface area (Å²) in [6.45, 7) is 4.58. The fourth-order valence-corrected chi connectivity index (χ4v) is 1.40. The van der Waals surface area contributed by atoms with Crippen LogP contribution in [0.1, 0.15) is 11.1 Å². The molecule has 4 heteroatoms. The van der Waals surface area contributed by atoms with Crippen LogP contribution in [-0.2, 0) is 4.79 Å². The van der Waals surface area contributed by atoms with Gasteiger partial charge >= 0.3 is 0 Å². The molecule has 0 aliphatic rings. The number of amides is 1. The quantitative estimate of drug-likeness (QED) is 0.784. The van der Waals surface area contributed by atoms with Crippen molar-refractivity contribution in [2.75, 3.05) is 27.4 Å². The molecule has 94 valence electrons. The van der Waals surface area contributed by atoms with Gasteiger partial charge in [-0.3, -0.25) is 9.69 Å². The van der Waals surface area contributed by atoms with Gasteiger partial charge in [-0.15, -0.1) is 0 Å². The zero-order chi connectivity index (χ0) is 12.8. The molecule has 1 aromatic carbocycles. The summed E-state index contributed by atoms with van der Waals surface area (Å²) in [6.07, 6.45) is 0. The molecule has 0 atom stereocenters. The van der Waals surface area contributed by atoms with Crippen LogP contribution < -0.4 is 10.1 Å². The Morgan fingerprint density at radius 1 is 1.35 bits per heavy atom. The second kappa shape index (κ2) is 6.25. The number of benzene rings is 1. The normalized spacial score (nSPS) is 10.4. The molecule has 0 aliphatic heterocycles. The number of nitrogens with zero attached hydrogens (tertiary/aromatic N) is 1. The van der Waals surface area contributed by atoms with Crippen LogP contribution in [0.3, 0.4) is 0 Å². The first-order valence-corrected chi connectivity index (χ1v) is 5.60. The van der Waals surface area contributed by atoms with Gasteiger partial charge in [0, 0.05) is 0 Å². The molecule has 0 heterocycles. The van der Waals surface area contributed by atoms with Crippen LogP contribution in [-0.4, -0.2) is 38.2 Å². The van der Waals surface area contributed by atoms with Crippen LogP contribution in [0.4, 0.5) is 0 Å². The number of hydrogen-bond acceptors (Lipinski definition) is 3. The highest BCUT2D eigenvalue weighted by atomic mass is 16.5. The van der Waals surface area contributed by atoms with E-state index in [2.05, 4.69) is 5.32 Å². The van der Waals surface area contributed by atoms with Gasteiger partial charge in [0.1, 0.15) is 5.75 Å². The first kappa shape index (κ1) is 13.5. The van der Waals surface area contributed by atoms with Crippen LogP contribution in [0.15, 0.2) is 18.2 Å². The number of aryl methyl sites for hydroxylation is 2. The SMILES string of the molecule is Cc1ccc(OCC(=O)NCN(C)C)c(C)c1. The van der Waals surface area contributed by atoms with Crippen LogP contribution in [0.25, 0.3) is 0 Å².